The summed E-state index contributed by atoms with van der Waals surface area (Å²) < 4.78 is 5.20. The number of thiazole rings is 1. The van der Waals surface area contributed by atoms with Crippen LogP contribution in [-0.2, 0) is 20.7 Å². The first kappa shape index (κ1) is 19.0. The molecule has 6 nitrogen and oxygen atoms in total. The van der Waals surface area contributed by atoms with Crippen molar-refractivity contribution >= 4 is 40.5 Å². The number of hydrogen-bond acceptors (Lipinski definition) is 6. The van der Waals surface area contributed by atoms with E-state index in [2.05, 4.69) is 15.3 Å². The largest absolute Gasteiger partial charge is 0.452 e. The standard InChI is InChI=1S/C19H16ClN3O3S/c1-12(18(25)22-15-6-4-14(20)5-7-15)26-17(24)9-16-11-27-19(23-16)13-3-2-8-21-10-13/h2-8,10-12H,9H2,1H3,(H,22,25)/t12-/m1/s1. The summed E-state index contributed by atoms with van der Waals surface area (Å²) in [6.45, 7) is 1.52. The summed E-state index contributed by atoms with van der Waals surface area (Å²) in [7, 11) is 0. The van der Waals surface area contributed by atoms with Gasteiger partial charge in [0.2, 0.25) is 0 Å². The highest BCUT2D eigenvalue weighted by Crippen LogP contribution is 2.23. The number of nitrogens with one attached hydrogen (secondary N) is 1. The van der Waals surface area contributed by atoms with E-state index in [0.717, 1.165) is 10.6 Å². The molecule has 1 aromatic carbocycles. The molecule has 3 rings (SSSR count). The number of hydrogen-bond donors (Lipinski definition) is 1. The zero-order chi connectivity index (χ0) is 19.2. The van der Waals surface area contributed by atoms with Crippen LogP contribution in [0.2, 0.25) is 5.02 Å². The van der Waals surface area contributed by atoms with Gasteiger partial charge in [-0.1, -0.05) is 11.6 Å². The fourth-order valence-electron chi connectivity index (χ4n) is 2.23. The van der Waals surface area contributed by atoms with Gasteiger partial charge in [0.1, 0.15) is 5.01 Å². The third-order valence-corrected chi connectivity index (χ3v) is 4.77. The lowest BCUT2D eigenvalue weighted by atomic mass is 10.3. The molecule has 3 aromatic rings. The van der Waals surface area contributed by atoms with Crippen LogP contribution in [0.15, 0.2) is 54.2 Å². The maximum absolute atomic E-state index is 12.1. The molecule has 0 saturated heterocycles. The number of esters is 1. The molecular formula is C19H16ClN3O3S. The van der Waals surface area contributed by atoms with Gasteiger partial charge in [-0.25, -0.2) is 4.98 Å². The minimum absolute atomic E-state index is 0.00464. The maximum atomic E-state index is 12.1. The van der Waals surface area contributed by atoms with Gasteiger partial charge in [0.25, 0.3) is 5.91 Å². The van der Waals surface area contributed by atoms with E-state index in [1.807, 2.05) is 12.1 Å². The molecule has 0 aliphatic heterocycles. The second-order valence-corrected chi connectivity index (χ2v) is 6.99. The van der Waals surface area contributed by atoms with Crippen LogP contribution in [0.5, 0.6) is 0 Å². The minimum atomic E-state index is -0.926. The molecule has 0 aliphatic carbocycles. The summed E-state index contributed by atoms with van der Waals surface area (Å²) in [6.07, 6.45) is 2.47. The van der Waals surface area contributed by atoms with Crippen molar-refractivity contribution in [2.45, 2.75) is 19.4 Å². The summed E-state index contributed by atoms with van der Waals surface area (Å²) in [6, 6.07) is 10.4. The smallest absolute Gasteiger partial charge is 0.312 e. The quantitative estimate of drug-likeness (QED) is 0.632. The van der Waals surface area contributed by atoms with Crippen molar-refractivity contribution in [2.75, 3.05) is 5.32 Å². The molecule has 2 heterocycles. The molecule has 0 radical (unpaired) electrons. The summed E-state index contributed by atoms with van der Waals surface area (Å²) >= 11 is 7.23. The molecule has 0 spiro atoms. The Morgan fingerprint density at radius 3 is 2.74 bits per heavy atom. The van der Waals surface area contributed by atoms with Crippen LogP contribution in [-0.4, -0.2) is 27.9 Å². The number of anilines is 1. The Morgan fingerprint density at radius 2 is 2.04 bits per heavy atom. The van der Waals surface area contributed by atoms with Crippen molar-refractivity contribution in [2.24, 2.45) is 0 Å². The first-order valence-corrected chi connectivity index (χ1v) is 9.38. The fraction of sp³-hybridized carbons (Fsp3) is 0.158. The summed E-state index contributed by atoms with van der Waals surface area (Å²) in [5.74, 6) is -0.934. The third-order valence-electron chi connectivity index (χ3n) is 3.57. The van der Waals surface area contributed by atoms with Gasteiger partial charge in [0, 0.05) is 34.0 Å². The average Bonchev–Trinajstić information content (AvgIpc) is 3.12. The highest BCUT2D eigenvalue weighted by atomic mass is 35.5. The average molecular weight is 402 g/mol. The van der Waals surface area contributed by atoms with Crippen LogP contribution in [0.25, 0.3) is 10.6 Å². The van der Waals surface area contributed by atoms with Crippen LogP contribution >= 0.6 is 22.9 Å². The van der Waals surface area contributed by atoms with Crippen molar-refractivity contribution in [1.82, 2.24) is 9.97 Å². The molecule has 0 bridgehead atoms. The van der Waals surface area contributed by atoms with E-state index >= 15 is 0 Å². The normalized spacial score (nSPS) is 11.6. The fourth-order valence-corrected chi connectivity index (χ4v) is 3.16. The number of benzene rings is 1. The van der Waals surface area contributed by atoms with Crippen molar-refractivity contribution in [3.05, 3.63) is 64.9 Å². The molecule has 0 aliphatic rings. The van der Waals surface area contributed by atoms with Gasteiger partial charge in [-0.2, -0.15) is 0 Å². The van der Waals surface area contributed by atoms with Gasteiger partial charge in [-0.05, 0) is 43.3 Å². The summed E-state index contributed by atoms with van der Waals surface area (Å²) in [5, 5.41) is 5.81. The van der Waals surface area contributed by atoms with E-state index in [-0.39, 0.29) is 6.42 Å². The predicted octanol–water partition coefficient (Wildman–Crippen LogP) is 3.97. The molecule has 8 heteroatoms. The lowest BCUT2D eigenvalue weighted by Crippen LogP contribution is -2.30. The minimum Gasteiger partial charge on any atom is -0.452 e. The van der Waals surface area contributed by atoms with E-state index in [0.29, 0.717) is 16.4 Å². The van der Waals surface area contributed by atoms with Crippen molar-refractivity contribution < 1.29 is 14.3 Å². The Labute approximate surface area is 165 Å². The highest BCUT2D eigenvalue weighted by Gasteiger charge is 2.19. The first-order chi connectivity index (χ1) is 13.0. The molecular weight excluding hydrogens is 386 g/mol. The number of rotatable bonds is 6. The lowest BCUT2D eigenvalue weighted by Gasteiger charge is -2.13. The highest BCUT2D eigenvalue weighted by molar-refractivity contribution is 7.13. The number of carbonyl (C=O) groups excluding carboxylic acids is 2. The maximum Gasteiger partial charge on any atom is 0.312 e. The molecule has 0 unspecified atom stereocenters. The number of nitrogens with zero attached hydrogens (tertiary/aromatic N) is 2. The molecule has 1 atom stereocenters. The van der Waals surface area contributed by atoms with Crippen molar-refractivity contribution in [3.8, 4) is 10.6 Å². The Bertz CT molecular complexity index is 929. The zero-order valence-electron chi connectivity index (χ0n) is 14.4. The second-order valence-electron chi connectivity index (χ2n) is 5.69. The molecule has 0 saturated carbocycles. The van der Waals surface area contributed by atoms with Gasteiger partial charge >= 0.3 is 5.97 Å². The molecule has 0 fully saturated rings. The molecule has 138 valence electrons. The van der Waals surface area contributed by atoms with Gasteiger partial charge < -0.3 is 10.1 Å². The Balaban J connectivity index is 1.53. The first-order valence-electron chi connectivity index (χ1n) is 8.12. The Hall–Kier alpha value is -2.77. The summed E-state index contributed by atoms with van der Waals surface area (Å²) in [5.41, 5.74) is 2.06. The van der Waals surface area contributed by atoms with Gasteiger partial charge in [0.15, 0.2) is 6.10 Å². The number of aromatic nitrogens is 2. The van der Waals surface area contributed by atoms with E-state index in [1.54, 1.807) is 42.0 Å². The number of pyridine rings is 1. The number of amides is 1. The lowest BCUT2D eigenvalue weighted by molar-refractivity contribution is -0.152. The van der Waals surface area contributed by atoms with Crippen LogP contribution in [0.3, 0.4) is 0 Å². The monoisotopic (exact) mass is 401 g/mol. The second kappa shape index (κ2) is 8.75. The van der Waals surface area contributed by atoms with Crippen molar-refractivity contribution in [3.63, 3.8) is 0 Å². The van der Waals surface area contributed by atoms with Crippen molar-refractivity contribution in [1.29, 1.82) is 0 Å². The van der Waals surface area contributed by atoms with Crippen LogP contribution in [0, 0.1) is 0 Å². The molecule has 2 aromatic heterocycles. The van der Waals surface area contributed by atoms with Gasteiger partial charge in [-0.15, -0.1) is 11.3 Å². The molecule has 27 heavy (non-hydrogen) atoms. The van der Waals surface area contributed by atoms with Gasteiger partial charge in [0.05, 0.1) is 12.1 Å². The van der Waals surface area contributed by atoms with E-state index in [4.69, 9.17) is 16.3 Å². The van der Waals surface area contributed by atoms with E-state index < -0.39 is 18.0 Å². The van der Waals surface area contributed by atoms with E-state index in [1.165, 1.54) is 18.3 Å². The number of carbonyl (C=O) groups is 2. The number of halogens is 1. The van der Waals surface area contributed by atoms with E-state index in [9.17, 15) is 9.59 Å². The third kappa shape index (κ3) is 5.35. The van der Waals surface area contributed by atoms with Crippen LogP contribution in [0.1, 0.15) is 12.6 Å². The SMILES string of the molecule is C[C@@H](OC(=O)Cc1csc(-c2cccnc2)n1)C(=O)Nc1ccc(Cl)cc1. The van der Waals surface area contributed by atoms with Crippen LogP contribution < -0.4 is 5.32 Å². The number of ether oxygens (including phenoxy) is 1. The molecule has 1 N–H and O–H groups in total. The molecule has 1 amide bonds. The predicted molar refractivity (Wildman–Crippen MR) is 105 cm³/mol. The zero-order valence-corrected chi connectivity index (χ0v) is 16.0. The van der Waals surface area contributed by atoms with Gasteiger partial charge in [-0.3, -0.25) is 14.6 Å². The Morgan fingerprint density at radius 1 is 1.26 bits per heavy atom. The topological polar surface area (TPSA) is 81.2 Å². The Kier molecular flexibility index (Phi) is 6.16. The van der Waals surface area contributed by atoms with Crippen LogP contribution in [0.4, 0.5) is 5.69 Å². The summed E-state index contributed by atoms with van der Waals surface area (Å²) in [4.78, 5) is 32.7.